The maximum absolute atomic E-state index is 9.80. The maximum Gasteiger partial charge on any atom is 0.0674 e. The van der Waals surface area contributed by atoms with Gasteiger partial charge in [-0.15, -0.1) is 0 Å². The van der Waals surface area contributed by atoms with E-state index in [1.54, 1.807) is 0 Å². The van der Waals surface area contributed by atoms with Crippen molar-refractivity contribution >= 4 is 0 Å². The van der Waals surface area contributed by atoms with Crippen LogP contribution in [0.15, 0.2) is 24.3 Å². The minimum atomic E-state index is -0.157. The van der Waals surface area contributed by atoms with E-state index in [0.717, 1.165) is 12.8 Å². The van der Waals surface area contributed by atoms with E-state index in [2.05, 4.69) is 29.6 Å². The Morgan fingerprint density at radius 3 is 2.88 bits per heavy atom. The molecule has 1 atom stereocenters. The van der Waals surface area contributed by atoms with Crippen LogP contribution >= 0.6 is 0 Å². The number of hydrogen-bond donors (Lipinski definition) is 2. The molecule has 1 aromatic rings. The van der Waals surface area contributed by atoms with Crippen molar-refractivity contribution in [1.29, 1.82) is 0 Å². The highest BCUT2D eigenvalue weighted by atomic mass is 16.3. The predicted octanol–water partition coefficient (Wildman–Crippen LogP) is 1.96. The van der Waals surface area contributed by atoms with Crippen molar-refractivity contribution in [1.82, 2.24) is 5.32 Å². The summed E-state index contributed by atoms with van der Waals surface area (Å²) < 4.78 is 0. The molecule has 2 aliphatic rings. The Kier molecular flexibility index (Phi) is 2.49. The minimum absolute atomic E-state index is 0.157. The monoisotopic (exact) mass is 217 g/mol. The average molecular weight is 217 g/mol. The van der Waals surface area contributed by atoms with Crippen LogP contribution in [0.1, 0.15) is 36.8 Å². The smallest absolute Gasteiger partial charge is 0.0674 e. The zero-order valence-corrected chi connectivity index (χ0v) is 9.58. The number of fused-ring (bicyclic) bond motifs is 1. The Labute approximate surface area is 96.7 Å². The van der Waals surface area contributed by atoms with E-state index in [0.29, 0.717) is 6.04 Å². The van der Waals surface area contributed by atoms with E-state index in [-0.39, 0.29) is 12.1 Å². The molecule has 0 heterocycles. The van der Waals surface area contributed by atoms with Crippen molar-refractivity contribution in [2.24, 2.45) is 0 Å². The van der Waals surface area contributed by atoms with Crippen molar-refractivity contribution in [3.05, 3.63) is 35.4 Å². The second kappa shape index (κ2) is 3.86. The first kappa shape index (κ1) is 10.3. The summed E-state index contributed by atoms with van der Waals surface area (Å²) in [5.74, 6) is 0. The topological polar surface area (TPSA) is 32.3 Å². The highest BCUT2D eigenvalue weighted by Gasteiger charge is 2.39. The summed E-state index contributed by atoms with van der Waals surface area (Å²) in [7, 11) is 0. The first-order chi connectivity index (χ1) is 7.84. The van der Waals surface area contributed by atoms with Gasteiger partial charge in [0.05, 0.1) is 12.1 Å². The van der Waals surface area contributed by atoms with Gasteiger partial charge in [0.25, 0.3) is 0 Å². The predicted molar refractivity (Wildman–Crippen MR) is 64.3 cm³/mol. The number of benzene rings is 1. The van der Waals surface area contributed by atoms with Crippen molar-refractivity contribution in [3.8, 4) is 0 Å². The first-order valence-electron chi connectivity index (χ1n) is 6.31. The molecule has 16 heavy (non-hydrogen) atoms. The molecule has 0 spiro atoms. The largest absolute Gasteiger partial charge is 0.394 e. The zero-order valence-electron chi connectivity index (χ0n) is 9.58. The van der Waals surface area contributed by atoms with Crippen LogP contribution in [0.2, 0.25) is 0 Å². The molecule has 1 aromatic carbocycles. The van der Waals surface area contributed by atoms with Crippen molar-refractivity contribution in [3.63, 3.8) is 0 Å². The van der Waals surface area contributed by atoms with E-state index in [1.165, 1.54) is 30.4 Å². The van der Waals surface area contributed by atoms with Gasteiger partial charge in [0.15, 0.2) is 0 Å². The first-order valence-corrected chi connectivity index (χ1v) is 6.31. The summed E-state index contributed by atoms with van der Waals surface area (Å²) in [6, 6.07) is 9.21. The summed E-state index contributed by atoms with van der Waals surface area (Å²) in [4.78, 5) is 0. The fourth-order valence-corrected chi connectivity index (χ4v) is 2.90. The van der Waals surface area contributed by atoms with Gasteiger partial charge in [0, 0.05) is 6.04 Å². The van der Waals surface area contributed by atoms with E-state index in [1.807, 2.05) is 0 Å². The quantitative estimate of drug-likeness (QED) is 0.811. The molecule has 2 nitrogen and oxygen atoms in total. The summed E-state index contributed by atoms with van der Waals surface area (Å²) >= 11 is 0. The maximum atomic E-state index is 9.80. The van der Waals surface area contributed by atoms with Gasteiger partial charge in [-0.1, -0.05) is 24.3 Å². The number of hydrogen-bond acceptors (Lipinski definition) is 2. The third-order valence-corrected chi connectivity index (χ3v) is 3.91. The van der Waals surface area contributed by atoms with Gasteiger partial charge in [-0.3, -0.25) is 0 Å². The minimum Gasteiger partial charge on any atom is -0.394 e. The summed E-state index contributed by atoms with van der Waals surface area (Å²) in [6.45, 7) is 0.223. The van der Waals surface area contributed by atoms with Gasteiger partial charge < -0.3 is 10.4 Å². The molecule has 1 saturated carbocycles. The molecule has 0 saturated heterocycles. The second-order valence-electron chi connectivity index (χ2n) is 5.17. The summed E-state index contributed by atoms with van der Waals surface area (Å²) in [5, 5.41) is 13.5. The highest BCUT2D eigenvalue weighted by Crippen LogP contribution is 2.37. The standard InChI is InChI=1S/C14H19NO/c16-10-14(15-12-7-8-12)9-3-5-11-4-1-2-6-13(11)14/h1-2,4,6,12,15-16H,3,5,7-10H2. The lowest BCUT2D eigenvalue weighted by Gasteiger charge is -2.39. The van der Waals surface area contributed by atoms with Crippen LogP contribution in [0.4, 0.5) is 0 Å². The van der Waals surface area contributed by atoms with Gasteiger partial charge >= 0.3 is 0 Å². The van der Waals surface area contributed by atoms with Crippen LogP contribution in [-0.2, 0) is 12.0 Å². The van der Waals surface area contributed by atoms with E-state index in [9.17, 15) is 5.11 Å². The SMILES string of the molecule is OCC1(NC2CC2)CCCc2ccccc21. The molecule has 0 amide bonds. The lowest BCUT2D eigenvalue weighted by molar-refractivity contribution is 0.140. The van der Waals surface area contributed by atoms with Crippen LogP contribution in [0, 0.1) is 0 Å². The van der Waals surface area contributed by atoms with Crippen LogP contribution in [-0.4, -0.2) is 17.8 Å². The normalized spacial score (nSPS) is 28.8. The third-order valence-electron chi connectivity index (χ3n) is 3.91. The summed E-state index contributed by atoms with van der Waals surface area (Å²) in [5.41, 5.74) is 2.59. The van der Waals surface area contributed by atoms with Crippen LogP contribution < -0.4 is 5.32 Å². The molecule has 0 aromatic heterocycles. The number of nitrogens with one attached hydrogen (secondary N) is 1. The van der Waals surface area contributed by atoms with E-state index in [4.69, 9.17) is 0 Å². The Hall–Kier alpha value is -0.860. The van der Waals surface area contributed by atoms with Crippen LogP contribution in [0.5, 0.6) is 0 Å². The van der Waals surface area contributed by atoms with Crippen molar-refractivity contribution < 1.29 is 5.11 Å². The van der Waals surface area contributed by atoms with Crippen LogP contribution in [0.25, 0.3) is 0 Å². The average Bonchev–Trinajstić information content (AvgIpc) is 3.13. The molecular formula is C14H19NO. The number of aliphatic hydroxyl groups is 1. The van der Waals surface area contributed by atoms with Gasteiger partial charge in [-0.25, -0.2) is 0 Å². The van der Waals surface area contributed by atoms with Gasteiger partial charge in [0.1, 0.15) is 0 Å². The van der Waals surface area contributed by atoms with Gasteiger partial charge in [-0.2, -0.15) is 0 Å². The van der Waals surface area contributed by atoms with Crippen molar-refractivity contribution in [2.45, 2.75) is 43.7 Å². The van der Waals surface area contributed by atoms with E-state index >= 15 is 0 Å². The third kappa shape index (κ3) is 1.66. The number of aliphatic hydroxyl groups excluding tert-OH is 1. The van der Waals surface area contributed by atoms with Gasteiger partial charge in [-0.05, 0) is 43.2 Å². The molecule has 0 radical (unpaired) electrons. The molecule has 1 fully saturated rings. The molecule has 2 heteroatoms. The Morgan fingerprint density at radius 1 is 1.31 bits per heavy atom. The molecule has 0 bridgehead atoms. The Balaban J connectivity index is 1.98. The fourth-order valence-electron chi connectivity index (χ4n) is 2.90. The molecule has 1 unspecified atom stereocenters. The molecule has 2 N–H and O–H groups in total. The summed E-state index contributed by atoms with van der Waals surface area (Å²) in [6.07, 6.45) is 5.94. The highest BCUT2D eigenvalue weighted by molar-refractivity contribution is 5.36. The number of rotatable bonds is 3. The van der Waals surface area contributed by atoms with Gasteiger partial charge in [0.2, 0.25) is 0 Å². The molecule has 0 aliphatic heterocycles. The lowest BCUT2D eigenvalue weighted by Crippen LogP contribution is -2.49. The van der Waals surface area contributed by atoms with Crippen LogP contribution in [0.3, 0.4) is 0 Å². The Bertz CT molecular complexity index is 386. The van der Waals surface area contributed by atoms with E-state index < -0.39 is 0 Å². The molecule has 86 valence electrons. The van der Waals surface area contributed by atoms with Crippen molar-refractivity contribution in [2.75, 3.05) is 6.61 Å². The molecular weight excluding hydrogens is 198 g/mol. The number of aryl methyl sites for hydroxylation is 1. The lowest BCUT2D eigenvalue weighted by atomic mass is 9.77. The molecule has 3 rings (SSSR count). The fraction of sp³-hybridized carbons (Fsp3) is 0.571. The second-order valence-corrected chi connectivity index (χ2v) is 5.17. The molecule has 2 aliphatic carbocycles. The Morgan fingerprint density at radius 2 is 2.12 bits per heavy atom. The zero-order chi connectivity index (χ0) is 11.0.